The summed E-state index contributed by atoms with van der Waals surface area (Å²) in [6.45, 7) is 9.15. The van der Waals surface area contributed by atoms with E-state index >= 15 is 0 Å². The Hall–Kier alpha value is -1.51. The van der Waals surface area contributed by atoms with Crippen molar-refractivity contribution in [1.82, 2.24) is 10.2 Å². The molecule has 0 saturated carbocycles. The van der Waals surface area contributed by atoms with Crippen molar-refractivity contribution in [3.05, 3.63) is 29.8 Å². The third-order valence-corrected chi connectivity index (χ3v) is 4.37. The summed E-state index contributed by atoms with van der Waals surface area (Å²) in [7, 11) is 1.46. The van der Waals surface area contributed by atoms with Gasteiger partial charge in [-0.2, -0.15) is 0 Å². The molecular weight excluding hydrogens is 457 g/mol. The van der Waals surface area contributed by atoms with Gasteiger partial charge < -0.3 is 19.7 Å². The van der Waals surface area contributed by atoms with E-state index in [1.165, 1.54) is 7.11 Å². The monoisotopic (exact) mass is 489 g/mol. The molecular formula is C20H32IN3O3. The molecule has 7 heteroatoms. The van der Waals surface area contributed by atoms with E-state index in [1.54, 1.807) is 0 Å². The predicted octanol–water partition coefficient (Wildman–Crippen LogP) is 3.44. The summed E-state index contributed by atoms with van der Waals surface area (Å²) >= 11 is 0. The van der Waals surface area contributed by atoms with Gasteiger partial charge in [0.05, 0.1) is 25.7 Å². The maximum absolute atomic E-state index is 11.7. The van der Waals surface area contributed by atoms with Gasteiger partial charge in [0.2, 0.25) is 0 Å². The van der Waals surface area contributed by atoms with Crippen molar-refractivity contribution in [3.8, 4) is 5.75 Å². The van der Waals surface area contributed by atoms with Crippen molar-refractivity contribution in [2.24, 2.45) is 10.9 Å². The van der Waals surface area contributed by atoms with E-state index in [4.69, 9.17) is 14.5 Å². The summed E-state index contributed by atoms with van der Waals surface area (Å²) in [6.07, 6.45) is 1.78. The number of esters is 1. The lowest BCUT2D eigenvalue weighted by atomic mass is 9.97. The molecule has 0 amide bonds. The highest BCUT2D eigenvalue weighted by molar-refractivity contribution is 14.0. The molecule has 152 valence electrons. The third kappa shape index (κ3) is 7.56. The molecule has 0 radical (unpaired) electrons. The molecule has 0 aromatic heterocycles. The maximum atomic E-state index is 11.7. The van der Waals surface area contributed by atoms with Gasteiger partial charge in [0.15, 0.2) is 5.96 Å². The molecule has 0 aliphatic carbocycles. The maximum Gasteiger partial charge on any atom is 0.308 e. The first-order valence-corrected chi connectivity index (χ1v) is 9.40. The zero-order valence-electron chi connectivity index (χ0n) is 16.7. The molecule has 1 N–H and O–H groups in total. The Labute approximate surface area is 179 Å². The normalized spacial score (nSPS) is 15.3. The number of likely N-dealkylation sites (tertiary alicyclic amines) is 1. The van der Waals surface area contributed by atoms with E-state index in [1.807, 2.05) is 38.1 Å². The van der Waals surface area contributed by atoms with Crippen LogP contribution >= 0.6 is 24.0 Å². The second-order valence-corrected chi connectivity index (χ2v) is 6.77. The summed E-state index contributed by atoms with van der Waals surface area (Å²) < 4.78 is 10.5. The Morgan fingerprint density at radius 1 is 1.26 bits per heavy atom. The number of hydrogen-bond donors (Lipinski definition) is 1. The molecule has 2 rings (SSSR count). The Bertz CT molecular complexity index is 597. The first-order chi connectivity index (χ1) is 12.5. The number of nitrogens with one attached hydrogen (secondary N) is 1. The summed E-state index contributed by atoms with van der Waals surface area (Å²) in [5, 5.41) is 3.35. The number of rotatable bonds is 6. The second-order valence-electron chi connectivity index (χ2n) is 6.77. The molecule has 0 unspecified atom stereocenters. The van der Waals surface area contributed by atoms with Crippen LogP contribution in [0, 0.1) is 5.92 Å². The lowest BCUT2D eigenvalue weighted by Crippen LogP contribution is -2.46. The van der Waals surface area contributed by atoms with Crippen LogP contribution in [0.1, 0.15) is 39.2 Å². The van der Waals surface area contributed by atoms with Crippen LogP contribution in [0.2, 0.25) is 0 Å². The van der Waals surface area contributed by atoms with Crippen molar-refractivity contribution < 1.29 is 14.3 Å². The molecule has 1 aliphatic rings. The smallest absolute Gasteiger partial charge is 0.308 e. The summed E-state index contributed by atoms with van der Waals surface area (Å²) in [6, 6.07) is 8.07. The van der Waals surface area contributed by atoms with Crippen molar-refractivity contribution in [1.29, 1.82) is 0 Å². The summed E-state index contributed by atoms with van der Waals surface area (Å²) in [5.74, 6) is 1.69. The van der Waals surface area contributed by atoms with Crippen molar-refractivity contribution in [3.63, 3.8) is 0 Å². The molecule has 1 aromatic rings. The topological polar surface area (TPSA) is 63.2 Å². The van der Waals surface area contributed by atoms with Gasteiger partial charge in [-0.1, -0.05) is 12.1 Å². The van der Waals surface area contributed by atoms with Crippen LogP contribution in [-0.2, 0) is 16.1 Å². The van der Waals surface area contributed by atoms with Gasteiger partial charge in [0, 0.05) is 19.6 Å². The van der Waals surface area contributed by atoms with Crippen molar-refractivity contribution in [2.45, 2.75) is 46.3 Å². The molecule has 0 bridgehead atoms. The minimum Gasteiger partial charge on any atom is -0.491 e. The number of carbonyl (C=O) groups excluding carboxylic acids is 1. The van der Waals surface area contributed by atoms with Crippen LogP contribution in [0.3, 0.4) is 0 Å². The predicted molar refractivity (Wildman–Crippen MR) is 119 cm³/mol. The highest BCUT2D eigenvalue weighted by Gasteiger charge is 2.26. The number of methoxy groups -OCH3 is 1. The molecule has 6 nitrogen and oxygen atoms in total. The zero-order valence-corrected chi connectivity index (χ0v) is 19.1. The number of benzene rings is 1. The van der Waals surface area contributed by atoms with Crippen LogP contribution in [0.15, 0.2) is 29.3 Å². The second kappa shape index (κ2) is 12.0. The molecule has 1 fully saturated rings. The minimum atomic E-state index is -0.102. The number of ether oxygens (including phenoxy) is 2. The van der Waals surface area contributed by atoms with Gasteiger partial charge in [-0.3, -0.25) is 4.79 Å². The minimum absolute atomic E-state index is 0. The van der Waals surface area contributed by atoms with Crippen LogP contribution < -0.4 is 10.1 Å². The number of halogens is 1. The van der Waals surface area contributed by atoms with Crippen LogP contribution in [0.5, 0.6) is 5.75 Å². The lowest BCUT2D eigenvalue weighted by Gasteiger charge is -2.33. The SMILES string of the molecule is CCNC(=NCc1ccc(OC(C)C)cc1)N1CCC(C(=O)OC)CC1.I. The van der Waals surface area contributed by atoms with Crippen LogP contribution in [0.4, 0.5) is 0 Å². The van der Waals surface area contributed by atoms with E-state index in [-0.39, 0.29) is 42.0 Å². The number of aliphatic imine (C=N–C) groups is 1. The number of guanidine groups is 1. The fourth-order valence-corrected chi connectivity index (χ4v) is 3.03. The zero-order chi connectivity index (χ0) is 18.9. The number of carbonyl (C=O) groups is 1. The molecule has 0 atom stereocenters. The highest BCUT2D eigenvalue weighted by atomic mass is 127. The van der Waals surface area contributed by atoms with Gasteiger partial charge in [-0.15, -0.1) is 24.0 Å². The highest BCUT2D eigenvalue weighted by Crippen LogP contribution is 2.19. The average Bonchev–Trinajstić information content (AvgIpc) is 2.65. The molecule has 1 heterocycles. The summed E-state index contributed by atoms with van der Waals surface area (Å²) in [5.41, 5.74) is 1.14. The Morgan fingerprint density at radius 3 is 2.41 bits per heavy atom. The third-order valence-electron chi connectivity index (χ3n) is 4.37. The van der Waals surface area contributed by atoms with Gasteiger partial charge in [-0.05, 0) is 51.3 Å². The van der Waals surface area contributed by atoms with Gasteiger partial charge in [0.25, 0.3) is 0 Å². The number of hydrogen-bond acceptors (Lipinski definition) is 4. The largest absolute Gasteiger partial charge is 0.491 e. The van der Waals surface area contributed by atoms with Gasteiger partial charge in [0.1, 0.15) is 5.75 Å². The summed E-state index contributed by atoms with van der Waals surface area (Å²) in [4.78, 5) is 18.7. The fraction of sp³-hybridized carbons (Fsp3) is 0.600. The first-order valence-electron chi connectivity index (χ1n) is 9.40. The standard InChI is InChI=1S/C20H31N3O3.HI/c1-5-21-20(23-12-10-17(11-13-23)19(24)25-4)22-14-16-6-8-18(9-7-16)26-15(2)3;/h6-9,15,17H,5,10-14H2,1-4H3,(H,21,22);1H. The van der Waals surface area contributed by atoms with Crippen LogP contribution in [0.25, 0.3) is 0 Å². The molecule has 1 aliphatic heterocycles. The Balaban J connectivity index is 0.00000364. The van der Waals surface area contributed by atoms with E-state index in [0.717, 1.165) is 49.7 Å². The van der Waals surface area contributed by atoms with Gasteiger partial charge in [-0.25, -0.2) is 4.99 Å². The first kappa shape index (κ1) is 23.5. The van der Waals surface area contributed by atoms with Gasteiger partial charge >= 0.3 is 5.97 Å². The van der Waals surface area contributed by atoms with Crippen LogP contribution in [-0.4, -0.2) is 49.7 Å². The molecule has 27 heavy (non-hydrogen) atoms. The van der Waals surface area contributed by atoms with E-state index in [2.05, 4.69) is 17.1 Å². The number of piperidine rings is 1. The number of nitrogens with zero attached hydrogens (tertiary/aromatic N) is 2. The molecule has 1 aromatic carbocycles. The quantitative estimate of drug-likeness (QED) is 0.287. The molecule has 0 spiro atoms. The van der Waals surface area contributed by atoms with Crippen molar-refractivity contribution in [2.75, 3.05) is 26.7 Å². The molecule has 1 saturated heterocycles. The Morgan fingerprint density at radius 2 is 1.89 bits per heavy atom. The van der Waals surface area contributed by atoms with E-state index < -0.39 is 0 Å². The fourth-order valence-electron chi connectivity index (χ4n) is 3.03. The lowest BCUT2D eigenvalue weighted by molar-refractivity contribution is -0.146. The van der Waals surface area contributed by atoms with Crippen molar-refractivity contribution >= 4 is 35.9 Å². The Kier molecular flexibility index (Phi) is 10.5. The van der Waals surface area contributed by atoms with E-state index in [9.17, 15) is 4.79 Å². The van der Waals surface area contributed by atoms with E-state index in [0.29, 0.717) is 6.54 Å². The average molecular weight is 489 g/mol.